The lowest BCUT2D eigenvalue weighted by Gasteiger charge is -2.34. The van der Waals surface area contributed by atoms with E-state index in [2.05, 4.69) is 10.2 Å². The summed E-state index contributed by atoms with van der Waals surface area (Å²) in [6.45, 7) is 1.97. The van der Waals surface area contributed by atoms with Crippen molar-refractivity contribution < 1.29 is 13.2 Å². The number of thioether (sulfide) groups is 1. The van der Waals surface area contributed by atoms with Crippen LogP contribution in [0.2, 0.25) is 5.15 Å². The van der Waals surface area contributed by atoms with E-state index in [4.69, 9.17) is 11.6 Å². The molecule has 0 radical (unpaired) electrons. The first-order valence-electron chi connectivity index (χ1n) is 6.05. The molecule has 2 heterocycles. The van der Waals surface area contributed by atoms with Crippen LogP contribution in [0, 0.1) is 0 Å². The molecule has 1 aromatic heterocycles. The molecule has 6 nitrogen and oxygen atoms in total. The van der Waals surface area contributed by atoms with Crippen LogP contribution in [0.5, 0.6) is 0 Å². The largest absolute Gasteiger partial charge is 0.319 e. The van der Waals surface area contributed by atoms with Crippen molar-refractivity contribution in [3.05, 3.63) is 23.0 Å². The molecule has 9 heteroatoms. The van der Waals surface area contributed by atoms with Gasteiger partial charge in [-0.25, -0.2) is 8.42 Å². The topological polar surface area (TPSA) is 80.2 Å². The molecule has 1 aromatic rings. The number of hydrogen-bond donors (Lipinski definition) is 0. The van der Waals surface area contributed by atoms with Crippen LogP contribution in [-0.4, -0.2) is 58.6 Å². The Morgan fingerprint density at radius 2 is 2.25 bits per heavy atom. The van der Waals surface area contributed by atoms with E-state index in [-0.39, 0.29) is 16.6 Å². The summed E-state index contributed by atoms with van der Waals surface area (Å²) in [6.07, 6.45) is 0. The SMILES string of the molecule is CCS(=O)(=O)C1CSCCN1C(=O)c1ccc(Cl)nn1. The average molecular weight is 336 g/mol. The standard InChI is InChI=1S/C11H14ClN3O3S2/c1-2-20(17,18)10-7-19-6-5-15(10)11(16)8-3-4-9(12)14-13-8/h3-4,10H,2,5-7H2,1H3. The molecule has 1 amide bonds. The fourth-order valence-corrected chi connectivity index (χ4v) is 4.95. The second-order valence-corrected chi connectivity index (χ2v) is 8.21. The van der Waals surface area contributed by atoms with Gasteiger partial charge in [-0.2, -0.15) is 11.8 Å². The van der Waals surface area contributed by atoms with E-state index in [1.54, 1.807) is 6.92 Å². The molecule has 0 aliphatic carbocycles. The average Bonchev–Trinajstić information content (AvgIpc) is 2.47. The van der Waals surface area contributed by atoms with E-state index in [1.807, 2.05) is 0 Å². The second kappa shape index (κ2) is 6.28. The quantitative estimate of drug-likeness (QED) is 0.822. The van der Waals surface area contributed by atoms with E-state index >= 15 is 0 Å². The Hall–Kier alpha value is -0.860. The minimum atomic E-state index is -3.32. The Balaban J connectivity index is 2.28. The van der Waals surface area contributed by atoms with Crippen molar-refractivity contribution in [2.45, 2.75) is 12.3 Å². The number of carbonyl (C=O) groups excluding carboxylic acids is 1. The lowest BCUT2D eigenvalue weighted by atomic mass is 10.3. The van der Waals surface area contributed by atoms with Gasteiger partial charge >= 0.3 is 0 Å². The first kappa shape index (κ1) is 15.5. The predicted octanol–water partition coefficient (Wildman–Crippen LogP) is 1.08. The third kappa shape index (κ3) is 3.24. The summed E-state index contributed by atoms with van der Waals surface area (Å²) in [5, 5.41) is 6.73. The maximum Gasteiger partial charge on any atom is 0.275 e. The molecule has 0 spiro atoms. The molecule has 0 aromatic carbocycles. The van der Waals surface area contributed by atoms with Gasteiger partial charge in [-0.3, -0.25) is 4.79 Å². The van der Waals surface area contributed by atoms with Gasteiger partial charge in [-0.05, 0) is 12.1 Å². The van der Waals surface area contributed by atoms with Gasteiger partial charge in [0.2, 0.25) is 0 Å². The molecule has 0 bridgehead atoms. The van der Waals surface area contributed by atoms with E-state index in [9.17, 15) is 13.2 Å². The van der Waals surface area contributed by atoms with Gasteiger partial charge in [0.25, 0.3) is 5.91 Å². The van der Waals surface area contributed by atoms with Crippen LogP contribution in [-0.2, 0) is 9.84 Å². The highest BCUT2D eigenvalue weighted by molar-refractivity contribution is 8.01. The summed E-state index contributed by atoms with van der Waals surface area (Å²) in [5.74, 6) is 0.691. The molecule has 20 heavy (non-hydrogen) atoms. The van der Waals surface area contributed by atoms with Gasteiger partial charge in [0, 0.05) is 23.8 Å². The van der Waals surface area contributed by atoms with Gasteiger partial charge in [0.1, 0.15) is 5.37 Å². The van der Waals surface area contributed by atoms with Crippen LogP contribution in [0.25, 0.3) is 0 Å². The van der Waals surface area contributed by atoms with Crippen molar-refractivity contribution >= 4 is 39.1 Å². The van der Waals surface area contributed by atoms with E-state index in [1.165, 1.54) is 28.8 Å². The molecular weight excluding hydrogens is 322 g/mol. The van der Waals surface area contributed by atoms with Gasteiger partial charge < -0.3 is 4.90 Å². The molecule has 1 fully saturated rings. The Bertz CT molecular complexity index is 591. The van der Waals surface area contributed by atoms with Crippen molar-refractivity contribution in [1.82, 2.24) is 15.1 Å². The van der Waals surface area contributed by atoms with Crippen LogP contribution in [0.15, 0.2) is 12.1 Å². The van der Waals surface area contributed by atoms with Gasteiger partial charge in [0.15, 0.2) is 20.7 Å². The molecule has 1 atom stereocenters. The Kier molecular flexibility index (Phi) is 4.87. The van der Waals surface area contributed by atoms with Crippen molar-refractivity contribution in [3.63, 3.8) is 0 Å². The molecule has 1 unspecified atom stereocenters. The van der Waals surface area contributed by atoms with Crippen LogP contribution in [0.3, 0.4) is 0 Å². The molecule has 1 saturated heterocycles. The maximum absolute atomic E-state index is 12.4. The highest BCUT2D eigenvalue weighted by Gasteiger charge is 2.36. The van der Waals surface area contributed by atoms with Crippen LogP contribution < -0.4 is 0 Å². The zero-order valence-corrected chi connectivity index (χ0v) is 13.2. The highest BCUT2D eigenvalue weighted by atomic mass is 35.5. The number of sulfone groups is 1. The third-order valence-electron chi connectivity index (χ3n) is 3.01. The Morgan fingerprint density at radius 1 is 1.50 bits per heavy atom. The molecule has 110 valence electrons. The number of hydrogen-bond acceptors (Lipinski definition) is 6. The highest BCUT2D eigenvalue weighted by Crippen LogP contribution is 2.23. The van der Waals surface area contributed by atoms with Crippen LogP contribution >= 0.6 is 23.4 Å². The van der Waals surface area contributed by atoms with Crippen molar-refractivity contribution in [1.29, 1.82) is 0 Å². The maximum atomic E-state index is 12.4. The normalized spacial score (nSPS) is 19.9. The first-order valence-corrected chi connectivity index (χ1v) is 9.30. The summed E-state index contributed by atoms with van der Waals surface area (Å²) >= 11 is 7.16. The summed E-state index contributed by atoms with van der Waals surface area (Å²) in [6, 6.07) is 2.92. The number of amides is 1. The summed E-state index contributed by atoms with van der Waals surface area (Å²) in [7, 11) is -3.32. The second-order valence-electron chi connectivity index (χ2n) is 4.22. The smallest absolute Gasteiger partial charge is 0.275 e. The number of aromatic nitrogens is 2. The zero-order chi connectivity index (χ0) is 14.8. The minimum absolute atomic E-state index is 0.00824. The molecule has 1 aliphatic rings. The zero-order valence-electron chi connectivity index (χ0n) is 10.8. The summed E-state index contributed by atoms with van der Waals surface area (Å²) in [5.41, 5.74) is 0.109. The number of nitrogens with zero attached hydrogens (tertiary/aromatic N) is 3. The van der Waals surface area contributed by atoms with Gasteiger partial charge in [-0.1, -0.05) is 18.5 Å². The van der Waals surface area contributed by atoms with Crippen molar-refractivity contribution in [2.24, 2.45) is 0 Å². The minimum Gasteiger partial charge on any atom is -0.319 e. The van der Waals surface area contributed by atoms with E-state index in [0.717, 1.165) is 0 Å². The van der Waals surface area contributed by atoms with E-state index < -0.39 is 21.1 Å². The fourth-order valence-electron chi connectivity index (χ4n) is 1.88. The summed E-state index contributed by atoms with van der Waals surface area (Å²) in [4.78, 5) is 13.8. The molecule has 2 rings (SSSR count). The molecular formula is C11H14ClN3O3S2. The van der Waals surface area contributed by atoms with Crippen LogP contribution in [0.1, 0.15) is 17.4 Å². The predicted molar refractivity (Wildman–Crippen MR) is 78.7 cm³/mol. The Morgan fingerprint density at radius 3 is 2.85 bits per heavy atom. The lowest BCUT2D eigenvalue weighted by molar-refractivity contribution is 0.0742. The van der Waals surface area contributed by atoms with Crippen molar-refractivity contribution in [3.8, 4) is 0 Å². The fraction of sp³-hybridized carbons (Fsp3) is 0.545. The first-order chi connectivity index (χ1) is 9.45. The number of halogens is 1. The monoisotopic (exact) mass is 335 g/mol. The van der Waals surface area contributed by atoms with Crippen molar-refractivity contribution in [2.75, 3.05) is 23.8 Å². The van der Waals surface area contributed by atoms with Gasteiger partial charge in [0.05, 0.1) is 0 Å². The lowest BCUT2D eigenvalue weighted by Crippen LogP contribution is -2.50. The Labute approximate surface area is 126 Å². The number of rotatable bonds is 3. The molecule has 0 saturated carbocycles. The van der Waals surface area contributed by atoms with Crippen LogP contribution in [0.4, 0.5) is 0 Å². The molecule has 1 aliphatic heterocycles. The number of carbonyl (C=O) groups is 1. The van der Waals surface area contributed by atoms with Gasteiger partial charge in [-0.15, -0.1) is 10.2 Å². The molecule has 0 N–H and O–H groups in total. The third-order valence-corrected chi connectivity index (χ3v) is 6.50. The van der Waals surface area contributed by atoms with E-state index in [0.29, 0.717) is 18.1 Å². The summed E-state index contributed by atoms with van der Waals surface area (Å²) < 4.78 is 24.2.